The molecular formula is C27H29F4N5. The maximum Gasteiger partial charge on any atom is 0.401 e. The van der Waals surface area contributed by atoms with Crippen LogP contribution in [0.15, 0.2) is 36.5 Å². The third kappa shape index (κ3) is 4.93. The molecule has 1 aromatic carbocycles. The largest absolute Gasteiger partial charge is 0.401 e. The number of likely N-dealkylation sites (tertiary alicyclic amines) is 1. The van der Waals surface area contributed by atoms with Gasteiger partial charge < -0.3 is 10.3 Å². The maximum atomic E-state index is 13.6. The second kappa shape index (κ2) is 9.75. The van der Waals surface area contributed by atoms with Crippen LogP contribution in [0.2, 0.25) is 0 Å². The van der Waals surface area contributed by atoms with E-state index in [1.54, 1.807) is 12.3 Å². The summed E-state index contributed by atoms with van der Waals surface area (Å²) in [6.07, 6.45) is 3.94. The summed E-state index contributed by atoms with van der Waals surface area (Å²) >= 11 is 0. The fourth-order valence-corrected chi connectivity index (χ4v) is 5.44. The van der Waals surface area contributed by atoms with E-state index in [0.717, 1.165) is 47.5 Å². The van der Waals surface area contributed by atoms with Crippen LogP contribution in [0, 0.1) is 12.3 Å². The molecule has 36 heavy (non-hydrogen) atoms. The first-order chi connectivity index (χ1) is 17.3. The van der Waals surface area contributed by atoms with Gasteiger partial charge in [-0.1, -0.05) is 12.0 Å². The molecule has 0 unspecified atom stereocenters. The van der Waals surface area contributed by atoms with Crippen molar-refractivity contribution in [3.63, 3.8) is 0 Å². The van der Waals surface area contributed by atoms with Crippen molar-refractivity contribution in [1.82, 2.24) is 19.8 Å². The first-order valence-electron chi connectivity index (χ1n) is 12.2. The Kier molecular flexibility index (Phi) is 6.66. The summed E-state index contributed by atoms with van der Waals surface area (Å²) in [6.45, 7) is 2.91. The van der Waals surface area contributed by atoms with Crippen molar-refractivity contribution < 1.29 is 17.6 Å². The fraction of sp³-hybridized carbons (Fsp3) is 0.444. The van der Waals surface area contributed by atoms with Gasteiger partial charge in [0.2, 0.25) is 0 Å². The number of H-pyrrole nitrogens is 1. The summed E-state index contributed by atoms with van der Waals surface area (Å²) in [6, 6.07) is 8.58. The van der Waals surface area contributed by atoms with Crippen LogP contribution in [0.5, 0.6) is 0 Å². The first-order valence-corrected chi connectivity index (χ1v) is 12.2. The monoisotopic (exact) mass is 499 g/mol. The third-order valence-corrected chi connectivity index (χ3v) is 7.14. The van der Waals surface area contributed by atoms with E-state index in [9.17, 15) is 17.6 Å². The van der Waals surface area contributed by atoms with Crippen LogP contribution in [0.4, 0.5) is 23.2 Å². The van der Waals surface area contributed by atoms with Crippen molar-refractivity contribution in [2.24, 2.45) is 0 Å². The second-order valence-electron chi connectivity index (χ2n) is 9.78. The lowest BCUT2D eigenvalue weighted by Gasteiger charge is -2.41. The number of aromatic nitrogens is 2. The molecule has 0 spiro atoms. The predicted molar refractivity (Wildman–Crippen MR) is 133 cm³/mol. The van der Waals surface area contributed by atoms with E-state index >= 15 is 0 Å². The molecule has 0 amide bonds. The topological polar surface area (TPSA) is 47.2 Å². The van der Waals surface area contributed by atoms with E-state index in [4.69, 9.17) is 6.42 Å². The number of rotatable bonds is 7. The second-order valence-corrected chi connectivity index (χ2v) is 9.78. The number of nitrogens with zero attached hydrogens (tertiary/aromatic N) is 3. The van der Waals surface area contributed by atoms with Gasteiger partial charge in [-0.3, -0.25) is 19.2 Å². The highest BCUT2D eigenvalue weighted by Crippen LogP contribution is 2.41. The smallest absolute Gasteiger partial charge is 0.378 e. The van der Waals surface area contributed by atoms with Gasteiger partial charge in [0.05, 0.1) is 42.9 Å². The zero-order valence-corrected chi connectivity index (χ0v) is 20.1. The van der Waals surface area contributed by atoms with Gasteiger partial charge in [-0.15, -0.1) is 6.42 Å². The molecule has 0 saturated carbocycles. The molecule has 3 aromatic rings. The average Bonchev–Trinajstić information content (AvgIpc) is 3.17. The Bertz CT molecular complexity index is 1250. The van der Waals surface area contributed by atoms with E-state index in [0.29, 0.717) is 24.1 Å². The minimum Gasteiger partial charge on any atom is -0.378 e. The van der Waals surface area contributed by atoms with E-state index in [1.165, 1.54) is 4.90 Å². The van der Waals surface area contributed by atoms with E-state index in [2.05, 4.69) is 26.1 Å². The van der Waals surface area contributed by atoms with Gasteiger partial charge in [-0.05, 0) is 49.6 Å². The van der Waals surface area contributed by atoms with Crippen LogP contribution < -0.4 is 5.32 Å². The molecule has 2 aliphatic rings. The van der Waals surface area contributed by atoms with Crippen LogP contribution in [0.1, 0.15) is 41.9 Å². The molecule has 190 valence electrons. The van der Waals surface area contributed by atoms with Crippen LogP contribution in [-0.4, -0.2) is 70.9 Å². The maximum absolute atomic E-state index is 13.6. The number of hydrogen-bond acceptors (Lipinski definition) is 4. The molecule has 0 aliphatic carbocycles. The van der Waals surface area contributed by atoms with Gasteiger partial charge in [0.25, 0.3) is 0 Å². The van der Waals surface area contributed by atoms with Crippen LogP contribution >= 0.6 is 0 Å². The number of hydrogen-bond donors (Lipinski definition) is 2. The molecule has 4 heterocycles. The molecule has 9 heteroatoms. The number of terminal acetylenes is 1. The van der Waals surface area contributed by atoms with Gasteiger partial charge in [0, 0.05) is 47.8 Å². The zero-order chi connectivity index (χ0) is 25.4. The lowest BCUT2D eigenvalue weighted by molar-refractivity contribution is -0.155. The summed E-state index contributed by atoms with van der Waals surface area (Å²) in [5.41, 5.74) is 4.65. The van der Waals surface area contributed by atoms with Crippen molar-refractivity contribution >= 4 is 16.6 Å². The van der Waals surface area contributed by atoms with E-state index < -0.39 is 18.8 Å². The van der Waals surface area contributed by atoms with Gasteiger partial charge in [-0.25, -0.2) is 0 Å². The standard InChI is InChI=1S/C27H29F4N5/c1-3-18-5-7-21-22-11-17(2)36(16-27(29,30)31)26(25(22)34-24(21)12-18)23-8-6-19(13-32-23)33-20-14-35(15-20)10-4-9-28/h1,5-8,12-13,17,20,26,33-34H,4,9-11,14-16H2,2H3/t17-,26-/m0/s1. The number of aromatic amines is 1. The van der Waals surface area contributed by atoms with Crippen LogP contribution in [0.25, 0.3) is 10.9 Å². The Balaban J connectivity index is 1.44. The summed E-state index contributed by atoms with van der Waals surface area (Å²) in [5, 5.41) is 4.39. The number of halogens is 4. The molecule has 0 bridgehead atoms. The van der Waals surface area contributed by atoms with Crippen molar-refractivity contribution in [3.8, 4) is 12.3 Å². The Hall–Kier alpha value is -3.09. The quantitative estimate of drug-likeness (QED) is 0.359. The fourth-order valence-electron chi connectivity index (χ4n) is 5.44. The normalized spacial score (nSPS) is 21.2. The molecule has 1 fully saturated rings. The van der Waals surface area contributed by atoms with Gasteiger partial charge in [0.1, 0.15) is 0 Å². The first kappa shape index (κ1) is 24.6. The van der Waals surface area contributed by atoms with Crippen molar-refractivity contribution in [1.29, 1.82) is 0 Å². The molecule has 2 atom stereocenters. The van der Waals surface area contributed by atoms with Crippen molar-refractivity contribution in [2.75, 3.05) is 38.2 Å². The number of pyridine rings is 1. The van der Waals surface area contributed by atoms with Gasteiger partial charge >= 0.3 is 6.18 Å². The van der Waals surface area contributed by atoms with Gasteiger partial charge in [0.15, 0.2) is 0 Å². The molecule has 2 N–H and O–H groups in total. The van der Waals surface area contributed by atoms with Crippen molar-refractivity contribution in [3.05, 3.63) is 59.0 Å². The molecule has 0 radical (unpaired) electrons. The molecule has 1 saturated heterocycles. The number of benzene rings is 1. The number of anilines is 1. The van der Waals surface area contributed by atoms with Crippen LogP contribution in [-0.2, 0) is 6.42 Å². The van der Waals surface area contributed by atoms with Crippen molar-refractivity contribution in [2.45, 2.75) is 44.1 Å². The lowest BCUT2D eigenvalue weighted by atomic mass is 9.90. The Morgan fingerprint density at radius 3 is 2.69 bits per heavy atom. The molecule has 2 aromatic heterocycles. The molecule has 5 nitrogen and oxygen atoms in total. The summed E-state index contributed by atoms with van der Waals surface area (Å²) in [4.78, 5) is 11.6. The highest BCUT2D eigenvalue weighted by atomic mass is 19.4. The number of fused-ring (bicyclic) bond motifs is 3. The molecule has 5 rings (SSSR count). The highest BCUT2D eigenvalue weighted by Gasteiger charge is 2.42. The Morgan fingerprint density at radius 2 is 2.03 bits per heavy atom. The summed E-state index contributed by atoms with van der Waals surface area (Å²) in [5.74, 6) is 2.62. The minimum absolute atomic E-state index is 0.249. The predicted octanol–water partition coefficient (Wildman–Crippen LogP) is 4.90. The zero-order valence-electron chi connectivity index (χ0n) is 20.1. The lowest BCUT2D eigenvalue weighted by Crippen LogP contribution is -2.54. The summed E-state index contributed by atoms with van der Waals surface area (Å²) in [7, 11) is 0. The number of nitrogens with one attached hydrogen (secondary N) is 2. The summed E-state index contributed by atoms with van der Waals surface area (Å²) < 4.78 is 53.2. The minimum atomic E-state index is -4.34. The number of alkyl halides is 4. The van der Waals surface area contributed by atoms with E-state index in [-0.39, 0.29) is 18.8 Å². The van der Waals surface area contributed by atoms with Gasteiger partial charge in [-0.2, -0.15) is 13.2 Å². The average molecular weight is 500 g/mol. The molecule has 2 aliphatic heterocycles. The SMILES string of the molecule is C#Cc1ccc2c3c([nH]c2c1)[C@H](c1ccc(NC2CN(CCCF)C2)cn1)N(CC(F)(F)F)[C@@H](C)C3. The molecular weight excluding hydrogens is 470 g/mol. The Morgan fingerprint density at radius 1 is 1.22 bits per heavy atom. The highest BCUT2D eigenvalue weighted by molar-refractivity contribution is 5.86. The Labute approximate surface area is 207 Å². The van der Waals surface area contributed by atoms with Crippen LogP contribution in [0.3, 0.4) is 0 Å². The third-order valence-electron chi connectivity index (χ3n) is 7.14. The van der Waals surface area contributed by atoms with E-state index in [1.807, 2.05) is 31.2 Å².